The quantitative estimate of drug-likeness (QED) is 0.517. The fraction of sp³-hybridized carbons (Fsp3) is 0.348. The Morgan fingerprint density at radius 1 is 1.03 bits per heavy atom. The summed E-state index contributed by atoms with van der Waals surface area (Å²) in [5, 5.41) is 8.55. The number of thiocarbonyl (C=S) groups is 1. The monoisotopic (exact) mass is 443 g/mol. The van der Waals surface area contributed by atoms with Crippen LogP contribution in [-0.4, -0.2) is 30.1 Å². The third kappa shape index (κ3) is 7.25. The Morgan fingerprint density at radius 2 is 1.71 bits per heavy atom. The highest BCUT2D eigenvalue weighted by Crippen LogP contribution is 2.28. The van der Waals surface area contributed by atoms with Crippen molar-refractivity contribution in [2.75, 3.05) is 17.7 Å². The van der Waals surface area contributed by atoms with E-state index in [0.717, 1.165) is 6.42 Å². The molecule has 2 rings (SSSR count). The summed E-state index contributed by atoms with van der Waals surface area (Å²) < 4.78 is 11.1. The van der Waals surface area contributed by atoms with E-state index in [2.05, 4.69) is 16.0 Å². The van der Waals surface area contributed by atoms with Gasteiger partial charge in [0.25, 0.3) is 5.91 Å². The number of amides is 2. The van der Waals surface area contributed by atoms with E-state index in [0.29, 0.717) is 28.4 Å². The second kappa shape index (κ2) is 11.3. The molecule has 0 radical (unpaired) electrons. The normalized spacial score (nSPS) is 11.4. The molecule has 0 aliphatic carbocycles. The number of carbonyl (C=O) groups is 2. The first kappa shape index (κ1) is 24.1. The molecule has 2 amide bonds. The summed E-state index contributed by atoms with van der Waals surface area (Å²) in [5.74, 6) is 0.595. The van der Waals surface area contributed by atoms with Gasteiger partial charge in [-0.3, -0.25) is 14.9 Å². The maximum absolute atomic E-state index is 12.4. The fourth-order valence-electron chi connectivity index (χ4n) is 2.49. The molecule has 0 spiro atoms. The molecule has 0 aliphatic heterocycles. The maximum Gasteiger partial charge on any atom is 0.257 e. The molecule has 0 fully saturated rings. The minimum atomic E-state index is -0.333. The van der Waals surface area contributed by atoms with Crippen LogP contribution in [0.4, 0.5) is 11.4 Å². The van der Waals surface area contributed by atoms with Crippen molar-refractivity contribution in [1.29, 1.82) is 0 Å². The van der Waals surface area contributed by atoms with Crippen LogP contribution in [0.3, 0.4) is 0 Å². The molecular weight excluding hydrogens is 414 g/mol. The first-order valence-electron chi connectivity index (χ1n) is 10.1. The van der Waals surface area contributed by atoms with Gasteiger partial charge < -0.3 is 20.1 Å². The van der Waals surface area contributed by atoms with E-state index >= 15 is 0 Å². The fourth-order valence-corrected chi connectivity index (χ4v) is 2.70. The van der Waals surface area contributed by atoms with E-state index < -0.39 is 0 Å². The average Bonchev–Trinajstić information content (AvgIpc) is 2.74. The SMILES string of the molecule is CCC(C)Oc1ccc(C(=O)NC(=S)Nc2ccc(NC(=O)C(C)C)c(OC)c2)cc1. The molecule has 7 nitrogen and oxygen atoms in total. The zero-order chi connectivity index (χ0) is 23.0. The van der Waals surface area contributed by atoms with Gasteiger partial charge in [0.05, 0.1) is 18.9 Å². The van der Waals surface area contributed by atoms with E-state index in [1.165, 1.54) is 7.11 Å². The molecule has 2 aromatic rings. The number of nitrogens with one attached hydrogen (secondary N) is 3. The van der Waals surface area contributed by atoms with Crippen molar-refractivity contribution in [2.24, 2.45) is 5.92 Å². The highest BCUT2D eigenvalue weighted by atomic mass is 32.1. The zero-order valence-electron chi connectivity index (χ0n) is 18.4. The highest BCUT2D eigenvalue weighted by molar-refractivity contribution is 7.80. The van der Waals surface area contributed by atoms with Crippen molar-refractivity contribution in [1.82, 2.24) is 5.32 Å². The molecule has 166 valence electrons. The molecule has 0 saturated heterocycles. The Hall–Kier alpha value is -3.13. The Labute approximate surface area is 188 Å². The number of benzene rings is 2. The minimum Gasteiger partial charge on any atom is -0.494 e. The summed E-state index contributed by atoms with van der Waals surface area (Å²) in [4.78, 5) is 24.4. The van der Waals surface area contributed by atoms with Crippen LogP contribution in [0.1, 0.15) is 44.5 Å². The molecule has 31 heavy (non-hydrogen) atoms. The second-order valence-corrected chi connectivity index (χ2v) is 7.74. The average molecular weight is 444 g/mol. The highest BCUT2D eigenvalue weighted by Gasteiger charge is 2.13. The molecule has 2 aromatic carbocycles. The molecule has 8 heteroatoms. The summed E-state index contributed by atoms with van der Waals surface area (Å²) in [6.45, 7) is 7.66. The second-order valence-electron chi connectivity index (χ2n) is 7.33. The van der Waals surface area contributed by atoms with Gasteiger partial charge in [-0.1, -0.05) is 20.8 Å². The Kier molecular flexibility index (Phi) is 8.81. The molecule has 0 bridgehead atoms. The van der Waals surface area contributed by atoms with Gasteiger partial charge in [0.1, 0.15) is 11.5 Å². The van der Waals surface area contributed by atoms with Crippen molar-refractivity contribution in [3.63, 3.8) is 0 Å². The van der Waals surface area contributed by atoms with Gasteiger partial charge >= 0.3 is 0 Å². The first-order valence-corrected chi connectivity index (χ1v) is 10.5. The van der Waals surface area contributed by atoms with Crippen molar-refractivity contribution in [3.05, 3.63) is 48.0 Å². The molecule has 0 saturated carbocycles. The Morgan fingerprint density at radius 3 is 2.29 bits per heavy atom. The summed E-state index contributed by atoms with van der Waals surface area (Å²) in [6.07, 6.45) is 1.01. The lowest BCUT2D eigenvalue weighted by Gasteiger charge is -2.15. The predicted molar refractivity (Wildman–Crippen MR) is 127 cm³/mol. The molecule has 0 aromatic heterocycles. The van der Waals surface area contributed by atoms with Crippen LogP contribution >= 0.6 is 12.2 Å². The Balaban J connectivity index is 1.98. The number of ether oxygens (including phenoxy) is 2. The van der Waals surface area contributed by atoms with E-state index in [-0.39, 0.29) is 28.9 Å². The van der Waals surface area contributed by atoms with Crippen molar-refractivity contribution in [2.45, 2.75) is 40.2 Å². The van der Waals surface area contributed by atoms with Crippen LogP contribution in [0.25, 0.3) is 0 Å². The van der Waals surface area contributed by atoms with E-state index in [1.54, 1.807) is 42.5 Å². The van der Waals surface area contributed by atoms with Crippen LogP contribution in [0.5, 0.6) is 11.5 Å². The summed E-state index contributed by atoms with van der Waals surface area (Å²) in [7, 11) is 1.51. The number of anilines is 2. The van der Waals surface area contributed by atoms with Crippen LogP contribution < -0.4 is 25.4 Å². The van der Waals surface area contributed by atoms with Crippen molar-refractivity contribution in [3.8, 4) is 11.5 Å². The maximum atomic E-state index is 12.4. The van der Waals surface area contributed by atoms with Gasteiger partial charge in [0.15, 0.2) is 5.11 Å². The van der Waals surface area contributed by atoms with E-state index in [4.69, 9.17) is 21.7 Å². The molecular formula is C23H29N3O4S. The molecule has 3 N–H and O–H groups in total. The van der Waals surface area contributed by atoms with E-state index in [9.17, 15) is 9.59 Å². The number of methoxy groups -OCH3 is 1. The molecule has 0 heterocycles. The van der Waals surface area contributed by atoms with Crippen LogP contribution in [0, 0.1) is 5.92 Å². The number of hydrogen-bond acceptors (Lipinski definition) is 5. The van der Waals surface area contributed by atoms with Gasteiger partial charge in [-0.2, -0.15) is 0 Å². The standard InChI is InChI=1S/C23H29N3O4S/c1-6-15(4)30-18-10-7-16(8-11-18)22(28)26-23(31)24-17-9-12-19(20(13-17)29-5)25-21(27)14(2)3/h7-15H,6H2,1-5H3,(H,25,27)(H2,24,26,28,31). The van der Waals surface area contributed by atoms with Crippen LogP contribution in [0.2, 0.25) is 0 Å². The number of rotatable bonds is 8. The van der Waals surface area contributed by atoms with Gasteiger partial charge in [-0.25, -0.2) is 0 Å². The van der Waals surface area contributed by atoms with Crippen LogP contribution in [0.15, 0.2) is 42.5 Å². The predicted octanol–water partition coefficient (Wildman–Crippen LogP) is 4.59. The zero-order valence-corrected chi connectivity index (χ0v) is 19.3. The molecule has 1 unspecified atom stereocenters. The number of carbonyl (C=O) groups excluding carboxylic acids is 2. The largest absolute Gasteiger partial charge is 0.494 e. The third-order valence-corrected chi connectivity index (χ3v) is 4.70. The van der Waals surface area contributed by atoms with Crippen molar-refractivity contribution >= 4 is 40.5 Å². The van der Waals surface area contributed by atoms with Gasteiger partial charge in [0.2, 0.25) is 5.91 Å². The van der Waals surface area contributed by atoms with E-state index in [1.807, 2.05) is 27.7 Å². The topological polar surface area (TPSA) is 88.7 Å². The smallest absolute Gasteiger partial charge is 0.257 e. The first-order chi connectivity index (χ1) is 14.7. The molecule has 1 atom stereocenters. The minimum absolute atomic E-state index is 0.109. The van der Waals surface area contributed by atoms with Crippen LogP contribution in [-0.2, 0) is 4.79 Å². The third-order valence-electron chi connectivity index (χ3n) is 4.50. The lowest BCUT2D eigenvalue weighted by atomic mass is 10.2. The van der Waals surface area contributed by atoms with Crippen molar-refractivity contribution < 1.29 is 19.1 Å². The number of hydrogen-bond donors (Lipinski definition) is 3. The van der Waals surface area contributed by atoms with Gasteiger partial charge in [-0.15, -0.1) is 0 Å². The summed E-state index contributed by atoms with van der Waals surface area (Å²) in [5.41, 5.74) is 1.63. The van der Waals surface area contributed by atoms with Gasteiger partial charge in [0, 0.05) is 23.2 Å². The lowest BCUT2D eigenvalue weighted by Crippen LogP contribution is -2.34. The Bertz CT molecular complexity index is 929. The summed E-state index contributed by atoms with van der Waals surface area (Å²) >= 11 is 5.25. The lowest BCUT2D eigenvalue weighted by molar-refractivity contribution is -0.118. The summed E-state index contributed by atoms with van der Waals surface area (Å²) in [6, 6.07) is 12.0. The van der Waals surface area contributed by atoms with Gasteiger partial charge in [-0.05, 0) is 62.0 Å². The molecule has 0 aliphatic rings.